The first-order valence-corrected chi connectivity index (χ1v) is 3.89. The normalized spacial score (nSPS) is 10.2. The largest absolute Gasteiger partial charge is 0.489 e. The lowest BCUT2D eigenvalue weighted by atomic mass is 9.79. The van der Waals surface area contributed by atoms with Crippen LogP contribution in [0, 0.1) is 5.82 Å². The van der Waals surface area contributed by atoms with Gasteiger partial charge < -0.3 is 15.2 Å². The van der Waals surface area contributed by atoms with E-state index in [1.54, 1.807) is 0 Å². The van der Waals surface area contributed by atoms with Crippen molar-refractivity contribution < 1.29 is 19.5 Å². The van der Waals surface area contributed by atoms with Gasteiger partial charge in [-0.3, -0.25) is 0 Å². The maximum absolute atomic E-state index is 12.9. The third-order valence-electron chi connectivity index (χ3n) is 1.65. The molecule has 0 aliphatic carbocycles. The average Bonchev–Trinajstić information content (AvgIpc) is 2.04. The summed E-state index contributed by atoms with van der Waals surface area (Å²) in [5, 5.41) is 26.1. The molecule has 70 valence electrons. The molecule has 0 aromatic heterocycles. The number of rotatable bonds is 2. The Morgan fingerprint density at radius 3 is 2.46 bits per heavy atom. The molecule has 3 nitrogen and oxygen atoms in total. The molecule has 1 aromatic rings. The third-order valence-corrected chi connectivity index (χ3v) is 2.10. The maximum Gasteiger partial charge on any atom is 0.489 e. The molecule has 13 heavy (non-hydrogen) atoms. The fourth-order valence-electron chi connectivity index (χ4n) is 0.960. The smallest absolute Gasteiger partial charge is 0.423 e. The van der Waals surface area contributed by atoms with Crippen molar-refractivity contribution in [1.29, 1.82) is 0 Å². The summed E-state index contributed by atoms with van der Waals surface area (Å²) >= 11 is 5.59. The van der Waals surface area contributed by atoms with Crippen molar-refractivity contribution in [2.75, 3.05) is 0 Å². The standard InChI is InChI=1S/C7H7BClFO3/c9-7-4(3-11)6(10)2-1-5(7)8(12)13/h1-2,11-13H,3H2. The maximum atomic E-state index is 12.9. The Labute approximate surface area is 79.5 Å². The van der Waals surface area contributed by atoms with E-state index in [1.807, 2.05) is 0 Å². The minimum absolute atomic E-state index is 0.0212. The van der Waals surface area contributed by atoms with Crippen molar-refractivity contribution in [3.63, 3.8) is 0 Å². The van der Waals surface area contributed by atoms with Gasteiger partial charge >= 0.3 is 7.12 Å². The van der Waals surface area contributed by atoms with Gasteiger partial charge in [0.25, 0.3) is 0 Å². The van der Waals surface area contributed by atoms with Gasteiger partial charge in [-0.1, -0.05) is 17.7 Å². The number of halogens is 2. The SMILES string of the molecule is OCc1c(F)ccc(B(O)O)c1Cl. The van der Waals surface area contributed by atoms with E-state index in [2.05, 4.69) is 0 Å². The lowest BCUT2D eigenvalue weighted by molar-refractivity contribution is 0.276. The first-order valence-electron chi connectivity index (χ1n) is 3.51. The highest BCUT2D eigenvalue weighted by Crippen LogP contribution is 2.17. The van der Waals surface area contributed by atoms with Gasteiger partial charge in [0.2, 0.25) is 0 Å². The van der Waals surface area contributed by atoms with Crippen LogP contribution in [0.3, 0.4) is 0 Å². The highest BCUT2D eigenvalue weighted by Gasteiger charge is 2.19. The van der Waals surface area contributed by atoms with Crippen LogP contribution in [0.25, 0.3) is 0 Å². The van der Waals surface area contributed by atoms with Crippen molar-refractivity contribution in [3.8, 4) is 0 Å². The molecule has 0 amide bonds. The summed E-state index contributed by atoms with van der Waals surface area (Å²) in [6, 6.07) is 2.17. The van der Waals surface area contributed by atoms with Gasteiger partial charge in [-0.2, -0.15) is 0 Å². The number of hydrogen-bond donors (Lipinski definition) is 3. The Morgan fingerprint density at radius 1 is 1.38 bits per heavy atom. The van der Waals surface area contributed by atoms with Crippen LogP contribution >= 0.6 is 11.6 Å². The molecule has 6 heteroatoms. The molecule has 1 rings (SSSR count). The molecule has 1 aromatic carbocycles. The van der Waals surface area contributed by atoms with Crippen LogP contribution in [0.5, 0.6) is 0 Å². The number of benzene rings is 1. The number of hydrogen-bond acceptors (Lipinski definition) is 3. The minimum Gasteiger partial charge on any atom is -0.423 e. The van der Waals surface area contributed by atoms with E-state index in [-0.39, 0.29) is 16.0 Å². The van der Waals surface area contributed by atoms with E-state index in [9.17, 15) is 4.39 Å². The predicted octanol–water partition coefficient (Wildman–Crippen LogP) is -0.349. The zero-order valence-corrected chi connectivity index (χ0v) is 7.29. The quantitative estimate of drug-likeness (QED) is 0.577. The molecule has 0 heterocycles. The lowest BCUT2D eigenvalue weighted by Gasteiger charge is -2.07. The zero-order chi connectivity index (χ0) is 10.0. The van der Waals surface area contributed by atoms with Gasteiger partial charge in [-0.15, -0.1) is 0 Å². The molecule has 0 saturated heterocycles. The van der Waals surface area contributed by atoms with Crippen LogP contribution in [-0.4, -0.2) is 22.3 Å². The second-order valence-electron chi connectivity index (χ2n) is 2.46. The summed E-state index contributed by atoms with van der Waals surface area (Å²) in [6.07, 6.45) is 0. The summed E-state index contributed by atoms with van der Waals surface area (Å²) in [5.74, 6) is -0.670. The molecule has 0 aliphatic rings. The fourth-order valence-corrected chi connectivity index (χ4v) is 1.27. The molecule has 0 saturated carbocycles. The van der Waals surface area contributed by atoms with Gasteiger partial charge in [0, 0.05) is 16.0 Å². The number of aliphatic hydroxyl groups excluding tert-OH is 1. The van der Waals surface area contributed by atoms with E-state index in [0.717, 1.165) is 12.1 Å². The molecule has 0 spiro atoms. The van der Waals surface area contributed by atoms with Gasteiger partial charge in [0.05, 0.1) is 6.61 Å². The molecule has 0 atom stereocenters. The topological polar surface area (TPSA) is 60.7 Å². The van der Waals surface area contributed by atoms with Crippen LogP contribution < -0.4 is 5.46 Å². The molecular weight excluding hydrogens is 197 g/mol. The van der Waals surface area contributed by atoms with E-state index in [4.69, 9.17) is 26.8 Å². The summed E-state index contributed by atoms with van der Waals surface area (Å²) in [6.45, 7) is -0.578. The Hall–Kier alpha value is -0.615. The molecule has 0 bridgehead atoms. The predicted molar refractivity (Wildman–Crippen MR) is 47.2 cm³/mol. The molecular formula is C7H7BClFO3. The van der Waals surface area contributed by atoms with Gasteiger partial charge in [0.15, 0.2) is 0 Å². The number of aliphatic hydroxyl groups is 1. The van der Waals surface area contributed by atoms with Crippen LogP contribution in [0.4, 0.5) is 4.39 Å². The van der Waals surface area contributed by atoms with E-state index < -0.39 is 19.5 Å². The van der Waals surface area contributed by atoms with Crippen molar-refractivity contribution in [2.24, 2.45) is 0 Å². The minimum atomic E-state index is -1.77. The zero-order valence-electron chi connectivity index (χ0n) is 6.54. The lowest BCUT2D eigenvalue weighted by Crippen LogP contribution is -2.31. The Kier molecular flexibility index (Phi) is 3.27. The van der Waals surface area contributed by atoms with E-state index >= 15 is 0 Å². The fraction of sp³-hybridized carbons (Fsp3) is 0.143. The highest BCUT2D eigenvalue weighted by molar-refractivity contribution is 6.62. The molecule has 3 N–H and O–H groups in total. The highest BCUT2D eigenvalue weighted by atomic mass is 35.5. The Bertz CT molecular complexity index is 319. The monoisotopic (exact) mass is 204 g/mol. The first kappa shape index (κ1) is 10.5. The van der Waals surface area contributed by atoms with Crippen LogP contribution in [0.2, 0.25) is 5.02 Å². The average molecular weight is 204 g/mol. The molecule has 0 fully saturated rings. The summed E-state index contributed by atoms with van der Waals surface area (Å²) in [4.78, 5) is 0. The third kappa shape index (κ3) is 2.00. The first-order chi connectivity index (χ1) is 6.07. The van der Waals surface area contributed by atoms with Crippen molar-refractivity contribution in [1.82, 2.24) is 0 Å². The molecule has 0 radical (unpaired) electrons. The van der Waals surface area contributed by atoms with Gasteiger partial charge in [-0.25, -0.2) is 4.39 Å². The summed E-state index contributed by atoms with van der Waals surface area (Å²) in [7, 11) is -1.77. The van der Waals surface area contributed by atoms with E-state index in [1.165, 1.54) is 0 Å². The molecule has 0 aliphatic heterocycles. The molecule has 0 unspecified atom stereocenters. The second kappa shape index (κ2) is 4.06. The van der Waals surface area contributed by atoms with Crippen molar-refractivity contribution >= 4 is 24.2 Å². The second-order valence-corrected chi connectivity index (χ2v) is 2.84. The summed E-state index contributed by atoms with van der Waals surface area (Å²) in [5.41, 5.74) is -0.153. The van der Waals surface area contributed by atoms with Crippen molar-refractivity contribution in [2.45, 2.75) is 6.61 Å². The van der Waals surface area contributed by atoms with E-state index in [0.29, 0.717) is 0 Å². The van der Waals surface area contributed by atoms with Gasteiger partial charge in [0.1, 0.15) is 5.82 Å². The summed E-state index contributed by atoms with van der Waals surface area (Å²) < 4.78 is 12.9. The Morgan fingerprint density at radius 2 is 2.00 bits per heavy atom. The van der Waals surface area contributed by atoms with Crippen molar-refractivity contribution in [3.05, 3.63) is 28.5 Å². The van der Waals surface area contributed by atoms with Crippen LogP contribution in [0.15, 0.2) is 12.1 Å². The van der Waals surface area contributed by atoms with Crippen LogP contribution in [-0.2, 0) is 6.61 Å². The Balaban J connectivity index is 3.27. The van der Waals surface area contributed by atoms with Gasteiger partial charge in [-0.05, 0) is 6.07 Å². The van der Waals surface area contributed by atoms with Crippen LogP contribution in [0.1, 0.15) is 5.56 Å².